The third-order valence-corrected chi connectivity index (χ3v) is 3.34. The second-order valence-electron chi connectivity index (χ2n) is 4.91. The Morgan fingerprint density at radius 3 is 3.00 bits per heavy atom. The molecule has 1 unspecified atom stereocenters. The van der Waals surface area contributed by atoms with Crippen molar-refractivity contribution in [3.05, 3.63) is 48.3 Å². The molecule has 1 N–H and O–H groups in total. The maximum Gasteiger partial charge on any atom is 0.255 e. The Morgan fingerprint density at radius 1 is 1.40 bits per heavy atom. The monoisotopic (exact) mass is 271 g/mol. The number of carbonyl (C=O) groups is 1. The van der Waals surface area contributed by atoms with Gasteiger partial charge in [-0.05, 0) is 25.0 Å². The molecule has 0 spiro atoms. The number of ether oxygens (including phenoxy) is 1. The molecular formula is C15H17N3O2. The zero-order valence-corrected chi connectivity index (χ0v) is 11.2. The quantitative estimate of drug-likeness (QED) is 0.928. The lowest BCUT2D eigenvalue weighted by molar-refractivity contribution is 0.0940. The van der Waals surface area contributed by atoms with E-state index in [4.69, 9.17) is 4.74 Å². The fraction of sp³-hybridized carbons (Fsp3) is 0.333. The summed E-state index contributed by atoms with van der Waals surface area (Å²) >= 11 is 0. The summed E-state index contributed by atoms with van der Waals surface area (Å²) in [6, 6.07) is 9.14. The largest absolute Gasteiger partial charge is 0.376 e. The maximum atomic E-state index is 12.0. The van der Waals surface area contributed by atoms with E-state index in [0.717, 1.165) is 26.0 Å². The van der Waals surface area contributed by atoms with Crippen LogP contribution >= 0.6 is 0 Å². The molecule has 104 valence electrons. The summed E-state index contributed by atoms with van der Waals surface area (Å²) in [6.45, 7) is 1.57. The van der Waals surface area contributed by atoms with E-state index < -0.39 is 0 Å². The molecule has 0 radical (unpaired) electrons. The van der Waals surface area contributed by atoms with E-state index in [1.54, 1.807) is 18.3 Å². The van der Waals surface area contributed by atoms with Crippen molar-refractivity contribution in [3.8, 4) is 0 Å². The first-order chi connectivity index (χ1) is 9.81. The van der Waals surface area contributed by atoms with Crippen LogP contribution in [0.25, 0.3) is 0 Å². The van der Waals surface area contributed by atoms with E-state index in [2.05, 4.69) is 10.4 Å². The molecule has 2 aromatic rings. The van der Waals surface area contributed by atoms with Gasteiger partial charge in [0, 0.05) is 18.4 Å². The van der Waals surface area contributed by atoms with E-state index in [0.29, 0.717) is 11.3 Å². The van der Waals surface area contributed by atoms with Crippen molar-refractivity contribution in [2.45, 2.75) is 25.5 Å². The Labute approximate surface area is 117 Å². The molecule has 1 atom stereocenters. The maximum absolute atomic E-state index is 12.0. The molecule has 0 saturated carbocycles. The predicted molar refractivity (Wildman–Crippen MR) is 75.6 cm³/mol. The number of carbonyl (C=O) groups excluding carboxylic acids is 1. The molecule has 20 heavy (non-hydrogen) atoms. The van der Waals surface area contributed by atoms with Gasteiger partial charge in [0.1, 0.15) is 0 Å². The highest BCUT2D eigenvalue weighted by molar-refractivity contribution is 6.04. The molecular weight excluding hydrogens is 254 g/mol. The summed E-state index contributed by atoms with van der Waals surface area (Å²) < 4.78 is 7.38. The Morgan fingerprint density at radius 2 is 2.25 bits per heavy atom. The molecule has 0 bridgehead atoms. The first kappa shape index (κ1) is 12.9. The highest BCUT2D eigenvalue weighted by Gasteiger charge is 2.16. The average molecular weight is 271 g/mol. The molecule has 1 saturated heterocycles. The first-order valence-electron chi connectivity index (χ1n) is 6.82. The summed E-state index contributed by atoms with van der Waals surface area (Å²) in [5.41, 5.74) is 1.34. The van der Waals surface area contributed by atoms with Crippen molar-refractivity contribution in [2.24, 2.45) is 0 Å². The number of nitrogens with one attached hydrogen (secondary N) is 1. The van der Waals surface area contributed by atoms with Gasteiger partial charge in [-0.2, -0.15) is 5.10 Å². The molecule has 0 aliphatic carbocycles. The molecule has 1 aliphatic heterocycles. The van der Waals surface area contributed by atoms with Gasteiger partial charge < -0.3 is 10.1 Å². The normalized spacial score (nSPS) is 18.1. The first-order valence-corrected chi connectivity index (χ1v) is 6.82. The highest BCUT2D eigenvalue weighted by Crippen LogP contribution is 2.15. The second-order valence-corrected chi connectivity index (χ2v) is 4.91. The third-order valence-electron chi connectivity index (χ3n) is 3.34. The fourth-order valence-electron chi connectivity index (χ4n) is 2.32. The minimum absolute atomic E-state index is 0.123. The van der Waals surface area contributed by atoms with Gasteiger partial charge in [-0.15, -0.1) is 0 Å². The average Bonchev–Trinajstić information content (AvgIpc) is 3.12. The molecule has 5 nitrogen and oxygen atoms in total. The van der Waals surface area contributed by atoms with Crippen LogP contribution in [0.15, 0.2) is 42.7 Å². The minimum Gasteiger partial charge on any atom is -0.376 e. The van der Waals surface area contributed by atoms with Gasteiger partial charge in [-0.1, -0.05) is 18.2 Å². The fourth-order valence-corrected chi connectivity index (χ4v) is 2.32. The number of amides is 1. The number of hydrogen-bond donors (Lipinski definition) is 1. The number of nitrogens with zero attached hydrogens (tertiary/aromatic N) is 2. The van der Waals surface area contributed by atoms with E-state index in [-0.39, 0.29) is 12.0 Å². The number of hydrogen-bond acceptors (Lipinski definition) is 3. The van der Waals surface area contributed by atoms with Gasteiger partial charge in [0.25, 0.3) is 5.91 Å². The van der Waals surface area contributed by atoms with Crippen molar-refractivity contribution >= 4 is 11.6 Å². The second kappa shape index (κ2) is 5.88. The zero-order valence-electron chi connectivity index (χ0n) is 11.2. The Bertz CT molecular complexity index is 574. The van der Waals surface area contributed by atoms with Crippen molar-refractivity contribution in [3.63, 3.8) is 0 Å². The highest BCUT2D eigenvalue weighted by atomic mass is 16.5. The van der Waals surface area contributed by atoms with Gasteiger partial charge in [-0.3, -0.25) is 9.48 Å². The molecule has 2 heterocycles. The van der Waals surface area contributed by atoms with Crippen LogP contribution in [-0.2, 0) is 11.3 Å². The molecule has 1 aromatic carbocycles. The Hall–Kier alpha value is -2.14. The van der Waals surface area contributed by atoms with E-state index >= 15 is 0 Å². The van der Waals surface area contributed by atoms with Crippen LogP contribution in [0.4, 0.5) is 5.69 Å². The van der Waals surface area contributed by atoms with Crippen LogP contribution < -0.4 is 5.32 Å². The standard InChI is InChI=1S/C15H17N3O2/c19-15(12-5-2-1-3-6-12)17-13-9-16-18(10-13)11-14-7-4-8-20-14/h1-3,5-6,9-10,14H,4,7-8,11H2,(H,17,19). The summed E-state index contributed by atoms with van der Waals surface area (Å²) in [6.07, 6.45) is 5.93. The molecule has 1 amide bonds. The number of rotatable bonds is 4. The van der Waals surface area contributed by atoms with Crippen molar-refractivity contribution < 1.29 is 9.53 Å². The van der Waals surface area contributed by atoms with Gasteiger partial charge in [0.15, 0.2) is 0 Å². The molecule has 1 fully saturated rings. The number of anilines is 1. The smallest absolute Gasteiger partial charge is 0.255 e. The lowest BCUT2D eigenvalue weighted by atomic mass is 10.2. The van der Waals surface area contributed by atoms with Gasteiger partial charge >= 0.3 is 0 Å². The van der Waals surface area contributed by atoms with E-state index in [1.807, 2.05) is 29.1 Å². The summed E-state index contributed by atoms with van der Waals surface area (Å²) in [5, 5.41) is 7.09. The lowest BCUT2D eigenvalue weighted by Crippen LogP contribution is -2.15. The Kier molecular flexibility index (Phi) is 3.78. The van der Waals surface area contributed by atoms with Crippen LogP contribution in [0, 0.1) is 0 Å². The number of aromatic nitrogens is 2. The molecule has 5 heteroatoms. The Balaban J connectivity index is 1.60. The van der Waals surface area contributed by atoms with Crippen LogP contribution in [-0.4, -0.2) is 28.4 Å². The topological polar surface area (TPSA) is 56.2 Å². The van der Waals surface area contributed by atoms with Crippen molar-refractivity contribution in [1.82, 2.24) is 9.78 Å². The zero-order chi connectivity index (χ0) is 13.8. The van der Waals surface area contributed by atoms with Gasteiger partial charge in [0.05, 0.1) is 24.5 Å². The van der Waals surface area contributed by atoms with Crippen LogP contribution in [0.3, 0.4) is 0 Å². The summed E-state index contributed by atoms with van der Waals surface area (Å²) in [4.78, 5) is 12.0. The lowest BCUT2D eigenvalue weighted by Gasteiger charge is -2.08. The summed E-state index contributed by atoms with van der Waals surface area (Å²) in [7, 11) is 0. The number of benzene rings is 1. The predicted octanol–water partition coefficient (Wildman–Crippen LogP) is 2.31. The minimum atomic E-state index is -0.123. The van der Waals surface area contributed by atoms with Crippen LogP contribution in [0.5, 0.6) is 0 Å². The molecule has 3 rings (SSSR count). The van der Waals surface area contributed by atoms with Gasteiger partial charge in [0.2, 0.25) is 0 Å². The van der Waals surface area contributed by atoms with E-state index in [1.165, 1.54) is 0 Å². The molecule has 1 aliphatic rings. The van der Waals surface area contributed by atoms with Crippen LogP contribution in [0.1, 0.15) is 23.2 Å². The van der Waals surface area contributed by atoms with Crippen molar-refractivity contribution in [1.29, 1.82) is 0 Å². The summed E-state index contributed by atoms with van der Waals surface area (Å²) in [5.74, 6) is -0.123. The molecule has 1 aromatic heterocycles. The van der Waals surface area contributed by atoms with Crippen LogP contribution in [0.2, 0.25) is 0 Å². The van der Waals surface area contributed by atoms with E-state index in [9.17, 15) is 4.79 Å². The SMILES string of the molecule is O=C(Nc1cnn(CC2CCCO2)c1)c1ccccc1. The van der Waals surface area contributed by atoms with Crippen molar-refractivity contribution in [2.75, 3.05) is 11.9 Å². The third kappa shape index (κ3) is 3.05. The van der Waals surface area contributed by atoms with Gasteiger partial charge in [-0.25, -0.2) is 0 Å².